The SMILES string of the molecule is CCCCCC(OC(=O)C[N+](C)(C)CCOC(C)=O)C(O)CC=CCCCCCCCC(=O)OCCOC(C)=O. The lowest BCUT2D eigenvalue weighted by atomic mass is 10.0. The Labute approximate surface area is 240 Å². The fraction of sp³-hybridized carbons (Fsp3) is 0.800. The maximum absolute atomic E-state index is 12.6. The third-order valence-corrected chi connectivity index (χ3v) is 6.31. The number of unbranched alkanes of at least 4 members (excludes halogenated alkanes) is 7. The highest BCUT2D eigenvalue weighted by Gasteiger charge is 2.27. The van der Waals surface area contributed by atoms with E-state index < -0.39 is 12.2 Å². The molecule has 10 nitrogen and oxygen atoms in total. The summed E-state index contributed by atoms with van der Waals surface area (Å²) in [4.78, 5) is 45.9. The molecule has 0 rings (SSSR count). The van der Waals surface area contributed by atoms with Crippen molar-refractivity contribution in [1.29, 1.82) is 0 Å². The summed E-state index contributed by atoms with van der Waals surface area (Å²) >= 11 is 0. The number of aliphatic hydroxyl groups excluding tert-OH is 1. The van der Waals surface area contributed by atoms with Gasteiger partial charge < -0.3 is 28.5 Å². The number of quaternary nitrogens is 1. The normalized spacial score (nSPS) is 13.1. The molecule has 232 valence electrons. The van der Waals surface area contributed by atoms with E-state index in [1.54, 1.807) is 0 Å². The zero-order chi connectivity index (χ0) is 30.2. The molecule has 0 radical (unpaired) electrons. The van der Waals surface area contributed by atoms with Crippen molar-refractivity contribution >= 4 is 23.9 Å². The van der Waals surface area contributed by atoms with E-state index in [0.717, 1.165) is 57.8 Å². The minimum atomic E-state index is -0.762. The van der Waals surface area contributed by atoms with Crippen molar-refractivity contribution in [3.05, 3.63) is 12.2 Å². The fourth-order valence-electron chi connectivity index (χ4n) is 3.98. The summed E-state index contributed by atoms with van der Waals surface area (Å²) in [6, 6.07) is 0. The topological polar surface area (TPSA) is 125 Å². The maximum atomic E-state index is 12.6. The number of nitrogens with zero attached hydrogens (tertiary/aromatic N) is 1. The Balaban J connectivity index is 4.25. The van der Waals surface area contributed by atoms with Gasteiger partial charge in [-0.1, -0.05) is 51.2 Å². The van der Waals surface area contributed by atoms with E-state index in [1.807, 2.05) is 20.2 Å². The van der Waals surface area contributed by atoms with Gasteiger partial charge in [-0.15, -0.1) is 0 Å². The molecule has 0 heterocycles. The first kappa shape index (κ1) is 37.5. The van der Waals surface area contributed by atoms with E-state index in [4.69, 9.17) is 18.9 Å². The van der Waals surface area contributed by atoms with Crippen molar-refractivity contribution < 1.29 is 47.7 Å². The molecular formula is C30H54NO9+. The number of hydrogen-bond acceptors (Lipinski definition) is 9. The zero-order valence-corrected chi connectivity index (χ0v) is 25.5. The predicted octanol–water partition coefficient (Wildman–Crippen LogP) is 4.26. The van der Waals surface area contributed by atoms with Crippen LogP contribution in [-0.2, 0) is 38.1 Å². The van der Waals surface area contributed by atoms with E-state index in [1.165, 1.54) is 13.8 Å². The number of likely N-dealkylation sites (N-methyl/N-ethyl adjacent to an activating group) is 1. The van der Waals surface area contributed by atoms with Crippen molar-refractivity contribution in [3.8, 4) is 0 Å². The summed E-state index contributed by atoms with van der Waals surface area (Å²) in [6.45, 7) is 5.82. The second-order valence-electron chi connectivity index (χ2n) is 10.8. The van der Waals surface area contributed by atoms with Gasteiger partial charge in [0, 0.05) is 20.3 Å². The number of aliphatic hydroxyl groups is 1. The third kappa shape index (κ3) is 23.4. The summed E-state index contributed by atoms with van der Waals surface area (Å²) in [5.41, 5.74) is 0. The lowest BCUT2D eigenvalue weighted by molar-refractivity contribution is -0.883. The van der Waals surface area contributed by atoms with Crippen LogP contribution in [0.4, 0.5) is 0 Å². The van der Waals surface area contributed by atoms with Gasteiger partial charge >= 0.3 is 23.9 Å². The van der Waals surface area contributed by atoms with Gasteiger partial charge in [-0.05, 0) is 38.5 Å². The molecule has 0 fully saturated rings. The average Bonchev–Trinajstić information content (AvgIpc) is 2.86. The van der Waals surface area contributed by atoms with Gasteiger partial charge in [0.2, 0.25) is 0 Å². The molecule has 2 atom stereocenters. The average molecular weight is 573 g/mol. The molecule has 0 bridgehead atoms. The van der Waals surface area contributed by atoms with Crippen molar-refractivity contribution in [2.75, 3.05) is 47.0 Å². The fourth-order valence-corrected chi connectivity index (χ4v) is 3.98. The number of rotatable bonds is 24. The number of ether oxygens (including phenoxy) is 4. The Morgan fingerprint density at radius 1 is 0.775 bits per heavy atom. The molecule has 0 aliphatic carbocycles. The quantitative estimate of drug-likeness (QED) is 0.0594. The van der Waals surface area contributed by atoms with Gasteiger partial charge in [0.25, 0.3) is 0 Å². The summed E-state index contributed by atoms with van der Waals surface area (Å²) < 4.78 is 20.7. The number of allylic oxidation sites excluding steroid dienone is 1. The van der Waals surface area contributed by atoms with Crippen molar-refractivity contribution in [1.82, 2.24) is 0 Å². The summed E-state index contributed by atoms with van der Waals surface area (Å²) in [5.74, 6) is -1.37. The molecule has 0 aromatic carbocycles. The number of carbonyl (C=O) groups is 4. The molecule has 0 aliphatic rings. The molecule has 0 saturated carbocycles. The largest absolute Gasteiger partial charge is 0.462 e. The Hall–Kier alpha value is -2.46. The molecule has 1 N–H and O–H groups in total. The van der Waals surface area contributed by atoms with Crippen molar-refractivity contribution in [2.45, 2.75) is 110 Å². The van der Waals surface area contributed by atoms with Crippen LogP contribution in [0.25, 0.3) is 0 Å². The molecule has 0 saturated heterocycles. The molecule has 0 amide bonds. The molecule has 0 aliphatic heterocycles. The zero-order valence-electron chi connectivity index (χ0n) is 25.5. The van der Waals surface area contributed by atoms with Gasteiger partial charge in [0.1, 0.15) is 32.5 Å². The van der Waals surface area contributed by atoms with Crippen LogP contribution in [0.15, 0.2) is 12.2 Å². The van der Waals surface area contributed by atoms with Gasteiger partial charge in [-0.3, -0.25) is 14.4 Å². The minimum Gasteiger partial charge on any atom is -0.462 e. The molecule has 40 heavy (non-hydrogen) atoms. The van der Waals surface area contributed by atoms with Crippen LogP contribution < -0.4 is 0 Å². The van der Waals surface area contributed by atoms with Gasteiger partial charge in [-0.2, -0.15) is 0 Å². The van der Waals surface area contributed by atoms with Crippen LogP contribution in [0, 0.1) is 0 Å². The van der Waals surface area contributed by atoms with Gasteiger partial charge in [0.15, 0.2) is 6.54 Å². The molecular weight excluding hydrogens is 518 g/mol. The lowest BCUT2D eigenvalue weighted by Crippen LogP contribution is -2.47. The summed E-state index contributed by atoms with van der Waals surface area (Å²) in [7, 11) is 3.75. The Morgan fingerprint density at radius 2 is 1.40 bits per heavy atom. The number of esters is 4. The predicted molar refractivity (Wildman–Crippen MR) is 152 cm³/mol. The van der Waals surface area contributed by atoms with Gasteiger partial charge in [0.05, 0.1) is 20.2 Å². The number of carbonyl (C=O) groups excluding carboxylic acids is 4. The smallest absolute Gasteiger partial charge is 0.362 e. The first-order valence-corrected chi connectivity index (χ1v) is 14.7. The van der Waals surface area contributed by atoms with E-state index in [2.05, 4.69) is 13.0 Å². The van der Waals surface area contributed by atoms with Crippen molar-refractivity contribution in [3.63, 3.8) is 0 Å². The van der Waals surface area contributed by atoms with Crippen LogP contribution in [0.3, 0.4) is 0 Å². The second kappa shape index (κ2) is 23.3. The summed E-state index contributed by atoms with van der Waals surface area (Å²) in [6.07, 6.45) is 12.8. The minimum absolute atomic E-state index is 0.0915. The standard InChI is InChI=1S/C30H54NO9/c1-6-7-14-18-28(40-30(36)24-31(4,5)20-21-37-25(2)32)27(34)17-15-12-10-8-9-11-13-16-19-29(35)39-23-22-38-26(3)33/h12,15,27-28,34H,6-11,13-14,16-24H2,1-5H3/q+1. The van der Waals surface area contributed by atoms with E-state index in [-0.39, 0.29) is 50.2 Å². The summed E-state index contributed by atoms with van der Waals surface area (Å²) in [5, 5.41) is 10.7. The second-order valence-corrected chi connectivity index (χ2v) is 10.8. The Kier molecular flexibility index (Phi) is 21.8. The van der Waals surface area contributed by atoms with E-state index in [0.29, 0.717) is 30.3 Å². The highest BCUT2D eigenvalue weighted by molar-refractivity contribution is 5.71. The van der Waals surface area contributed by atoms with Crippen LogP contribution in [0.2, 0.25) is 0 Å². The first-order valence-electron chi connectivity index (χ1n) is 14.7. The Bertz CT molecular complexity index is 751. The first-order chi connectivity index (χ1) is 19.0. The lowest BCUT2D eigenvalue weighted by Gasteiger charge is -2.30. The van der Waals surface area contributed by atoms with E-state index in [9.17, 15) is 24.3 Å². The highest BCUT2D eigenvalue weighted by Crippen LogP contribution is 2.16. The van der Waals surface area contributed by atoms with Crippen LogP contribution in [0.5, 0.6) is 0 Å². The van der Waals surface area contributed by atoms with Gasteiger partial charge in [-0.25, -0.2) is 4.79 Å². The highest BCUT2D eigenvalue weighted by atomic mass is 16.6. The molecule has 10 heteroatoms. The molecule has 2 unspecified atom stereocenters. The molecule has 0 spiro atoms. The maximum Gasteiger partial charge on any atom is 0.362 e. The molecule has 0 aromatic heterocycles. The van der Waals surface area contributed by atoms with Crippen LogP contribution >= 0.6 is 0 Å². The third-order valence-electron chi connectivity index (χ3n) is 6.31. The monoisotopic (exact) mass is 572 g/mol. The van der Waals surface area contributed by atoms with Crippen LogP contribution in [-0.4, -0.2) is 92.7 Å². The van der Waals surface area contributed by atoms with E-state index >= 15 is 0 Å². The van der Waals surface area contributed by atoms with Crippen molar-refractivity contribution in [2.24, 2.45) is 0 Å². The Morgan fingerprint density at radius 3 is 2.08 bits per heavy atom. The van der Waals surface area contributed by atoms with Crippen LogP contribution in [0.1, 0.15) is 97.8 Å². The number of hydrogen-bond donors (Lipinski definition) is 1. The molecule has 0 aromatic rings.